The number of methoxy groups -OCH3 is 2. The number of rotatable bonds is 3. The molecule has 0 saturated carbocycles. The maximum Gasteiger partial charge on any atom is 0.267 e. The van der Waals surface area contributed by atoms with Crippen LogP contribution in [0.25, 0.3) is 16.6 Å². The number of likely N-dealkylation sites (tertiary alicyclic amines) is 1. The fourth-order valence-electron chi connectivity index (χ4n) is 3.32. The second-order valence-electron chi connectivity index (χ2n) is 6.06. The zero-order valence-electron chi connectivity index (χ0n) is 14.3. The van der Waals surface area contributed by atoms with E-state index in [0.717, 1.165) is 25.9 Å². The molecule has 1 aliphatic rings. The summed E-state index contributed by atoms with van der Waals surface area (Å²) in [7, 11) is 3.04. The predicted molar refractivity (Wildman–Crippen MR) is 102 cm³/mol. The number of fused-ring (bicyclic) bond motifs is 3. The van der Waals surface area contributed by atoms with Crippen LogP contribution in [0.1, 0.15) is 22.5 Å². The van der Waals surface area contributed by atoms with Crippen LogP contribution in [-0.2, 0) is 0 Å². The van der Waals surface area contributed by atoms with Crippen molar-refractivity contribution >= 4 is 46.0 Å². The summed E-state index contributed by atoms with van der Waals surface area (Å²) in [6.45, 7) is 1.47. The van der Waals surface area contributed by atoms with E-state index in [1.807, 2.05) is 0 Å². The molecule has 1 N–H and O–H groups in total. The normalized spacial score (nSPS) is 14.3. The summed E-state index contributed by atoms with van der Waals surface area (Å²) < 4.78 is 12.9. The minimum Gasteiger partial charge on any atom is -0.493 e. The van der Waals surface area contributed by atoms with Crippen molar-refractivity contribution in [1.29, 1.82) is 0 Å². The predicted octanol–water partition coefficient (Wildman–Crippen LogP) is 2.82. The first kappa shape index (κ1) is 17.0. The Morgan fingerprint density at radius 3 is 2.50 bits per heavy atom. The Kier molecular flexibility index (Phi) is 4.20. The highest BCUT2D eigenvalue weighted by molar-refractivity contribution is 7.73. The number of hydrogen-bond donors (Lipinski definition) is 1. The molecule has 3 aromatic rings. The molecule has 4 rings (SSSR count). The van der Waals surface area contributed by atoms with Crippen LogP contribution in [0.2, 0.25) is 0 Å². The molecule has 1 aromatic carbocycles. The topological polar surface area (TPSA) is 76.0 Å². The summed E-state index contributed by atoms with van der Waals surface area (Å²) in [6, 6.07) is 3.33. The molecule has 0 radical (unpaired) electrons. The molecule has 0 aliphatic carbocycles. The number of thiazole rings is 1. The Balaban J connectivity index is 2.03. The van der Waals surface area contributed by atoms with Crippen molar-refractivity contribution in [2.75, 3.05) is 27.3 Å². The van der Waals surface area contributed by atoms with Gasteiger partial charge in [-0.05, 0) is 31.1 Å². The number of hydrogen-bond acceptors (Lipinski definition) is 6. The van der Waals surface area contributed by atoms with E-state index in [4.69, 9.17) is 21.7 Å². The standard InChI is InChI=1S/C17H17N3O4S2/c1-23-11-7-9-10(8-12(11)24-2)20-14(18-15(9)21)13(26-17(20)25)16(22)19-5-3-4-6-19/h7-8H,3-6H2,1-2H3,(H,18,21). The fourth-order valence-corrected chi connectivity index (χ4v) is 4.67. The number of amides is 1. The van der Waals surface area contributed by atoms with Gasteiger partial charge in [0, 0.05) is 19.2 Å². The molecule has 1 fully saturated rings. The van der Waals surface area contributed by atoms with Crippen molar-refractivity contribution in [3.8, 4) is 11.5 Å². The molecule has 0 atom stereocenters. The minimum absolute atomic E-state index is 0.0865. The highest BCUT2D eigenvalue weighted by Gasteiger charge is 2.25. The van der Waals surface area contributed by atoms with Crippen LogP contribution in [0.15, 0.2) is 16.9 Å². The Morgan fingerprint density at radius 2 is 1.85 bits per heavy atom. The van der Waals surface area contributed by atoms with E-state index < -0.39 is 0 Å². The van der Waals surface area contributed by atoms with Gasteiger partial charge in [-0.15, -0.1) is 0 Å². The lowest BCUT2D eigenvalue weighted by Crippen LogP contribution is -2.27. The molecule has 26 heavy (non-hydrogen) atoms. The van der Waals surface area contributed by atoms with E-state index in [1.54, 1.807) is 21.4 Å². The zero-order valence-corrected chi connectivity index (χ0v) is 16.0. The Bertz CT molecular complexity index is 1140. The molecule has 136 valence electrons. The third kappa shape index (κ3) is 2.50. The molecule has 7 nitrogen and oxygen atoms in total. The summed E-state index contributed by atoms with van der Waals surface area (Å²) in [4.78, 5) is 30.6. The van der Waals surface area contributed by atoms with E-state index in [-0.39, 0.29) is 11.5 Å². The van der Waals surface area contributed by atoms with Gasteiger partial charge in [0.2, 0.25) is 0 Å². The van der Waals surface area contributed by atoms with Crippen LogP contribution < -0.4 is 15.0 Å². The average Bonchev–Trinajstić information content (AvgIpc) is 3.28. The highest BCUT2D eigenvalue weighted by Crippen LogP contribution is 2.32. The fraction of sp³-hybridized carbons (Fsp3) is 0.353. The highest BCUT2D eigenvalue weighted by atomic mass is 32.1. The van der Waals surface area contributed by atoms with Gasteiger partial charge in [-0.2, -0.15) is 0 Å². The largest absolute Gasteiger partial charge is 0.493 e. The van der Waals surface area contributed by atoms with E-state index in [2.05, 4.69) is 4.98 Å². The van der Waals surface area contributed by atoms with E-state index >= 15 is 0 Å². The van der Waals surface area contributed by atoms with Crippen molar-refractivity contribution in [2.45, 2.75) is 12.8 Å². The van der Waals surface area contributed by atoms with Gasteiger partial charge in [0.05, 0.1) is 25.1 Å². The Morgan fingerprint density at radius 1 is 1.19 bits per heavy atom. The summed E-state index contributed by atoms with van der Waals surface area (Å²) in [5, 5.41) is 0.421. The maximum absolute atomic E-state index is 12.9. The molecule has 1 aliphatic heterocycles. The monoisotopic (exact) mass is 391 g/mol. The third-order valence-electron chi connectivity index (χ3n) is 4.62. The molecular weight excluding hydrogens is 374 g/mol. The summed E-state index contributed by atoms with van der Waals surface area (Å²) in [5.74, 6) is 0.865. The number of aromatic amines is 1. The first-order valence-electron chi connectivity index (χ1n) is 8.18. The first-order valence-corrected chi connectivity index (χ1v) is 9.40. The molecule has 1 saturated heterocycles. The van der Waals surface area contributed by atoms with Gasteiger partial charge < -0.3 is 19.4 Å². The van der Waals surface area contributed by atoms with Crippen molar-refractivity contribution < 1.29 is 14.3 Å². The lowest BCUT2D eigenvalue weighted by atomic mass is 10.2. The second-order valence-corrected chi connectivity index (χ2v) is 7.70. The average molecular weight is 391 g/mol. The number of ether oxygens (including phenoxy) is 2. The van der Waals surface area contributed by atoms with Crippen molar-refractivity contribution in [1.82, 2.24) is 14.3 Å². The Hall–Kier alpha value is -2.39. The minimum atomic E-state index is -0.302. The molecule has 3 heterocycles. The molecule has 1 amide bonds. The van der Waals surface area contributed by atoms with E-state index in [9.17, 15) is 9.59 Å². The van der Waals surface area contributed by atoms with Gasteiger partial charge >= 0.3 is 0 Å². The van der Waals surface area contributed by atoms with Gasteiger partial charge in [0.25, 0.3) is 11.5 Å². The van der Waals surface area contributed by atoms with Gasteiger partial charge in [-0.25, -0.2) is 0 Å². The summed E-state index contributed by atoms with van der Waals surface area (Å²) in [6.07, 6.45) is 2.00. The first-order chi connectivity index (χ1) is 12.5. The molecule has 9 heteroatoms. The third-order valence-corrected chi connectivity index (χ3v) is 5.98. The lowest BCUT2D eigenvalue weighted by Gasteiger charge is -2.14. The number of carbonyl (C=O) groups is 1. The summed E-state index contributed by atoms with van der Waals surface area (Å²) >= 11 is 6.71. The lowest BCUT2D eigenvalue weighted by molar-refractivity contribution is 0.0799. The maximum atomic E-state index is 12.9. The number of benzene rings is 1. The van der Waals surface area contributed by atoms with E-state index in [1.165, 1.54) is 25.6 Å². The van der Waals surface area contributed by atoms with Crippen LogP contribution in [0.4, 0.5) is 0 Å². The van der Waals surface area contributed by atoms with Gasteiger partial charge in [0.15, 0.2) is 15.5 Å². The smallest absolute Gasteiger partial charge is 0.267 e. The van der Waals surface area contributed by atoms with Crippen LogP contribution in [0.3, 0.4) is 0 Å². The molecule has 0 unspecified atom stereocenters. The van der Waals surface area contributed by atoms with Crippen molar-refractivity contribution in [2.24, 2.45) is 0 Å². The van der Waals surface area contributed by atoms with Crippen molar-refractivity contribution in [3.05, 3.63) is 31.3 Å². The van der Waals surface area contributed by atoms with Gasteiger partial charge in [0.1, 0.15) is 10.5 Å². The molecular formula is C17H17N3O4S2. The van der Waals surface area contributed by atoms with Gasteiger partial charge in [-0.3, -0.25) is 14.0 Å². The second kappa shape index (κ2) is 6.40. The Labute approximate surface area is 157 Å². The number of nitrogens with one attached hydrogen (secondary N) is 1. The molecule has 0 spiro atoms. The van der Waals surface area contributed by atoms with Crippen LogP contribution in [0, 0.1) is 3.95 Å². The zero-order chi connectivity index (χ0) is 18.4. The quantitative estimate of drug-likeness (QED) is 0.695. The number of nitrogens with zero attached hydrogens (tertiary/aromatic N) is 2. The SMILES string of the molecule is COc1cc2c(=O)[nH]c3c(C(=O)N4CCCC4)sc(=S)n3c2cc1OC. The van der Waals surface area contributed by atoms with Crippen LogP contribution >= 0.6 is 23.6 Å². The van der Waals surface area contributed by atoms with E-state index in [0.29, 0.717) is 36.9 Å². The molecule has 0 bridgehead atoms. The van der Waals surface area contributed by atoms with Crippen molar-refractivity contribution in [3.63, 3.8) is 0 Å². The summed E-state index contributed by atoms with van der Waals surface area (Å²) in [5.41, 5.74) is 0.717. The van der Waals surface area contributed by atoms with Crippen LogP contribution in [-0.4, -0.2) is 47.5 Å². The number of H-pyrrole nitrogens is 1. The van der Waals surface area contributed by atoms with Crippen LogP contribution in [0.5, 0.6) is 11.5 Å². The molecule has 2 aromatic heterocycles. The number of aromatic nitrogens is 2. The van der Waals surface area contributed by atoms with Gasteiger partial charge in [-0.1, -0.05) is 11.3 Å². The number of carbonyl (C=O) groups excluding carboxylic acids is 1.